The van der Waals surface area contributed by atoms with E-state index >= 15 is 0 Å². The normalized spacial score (nSPS) is 12.4. The zero-order valence-electron chi connectivity index (χ0n) is 23.4. The second-order valence-electron chi connectivity index (χ2n) is 12.0. The summed E-state index contributed by atoms with van der Waals surface area (Å²) in [6.45, 7) is 16.1. The number of pyridine rings is 1. The Labute approximate surface area is 234 Å². The van der Waals surface area contributed by atoms with Gasteiger partial charge in [-0.15, -0.1) is 22.7 Å². The molecule has 0 N–H and O–H groups in total. The molecule has 0 aliphatic rings. The van der Waals surface area contributed by atoms with Crippen LogP contribution in [0.15, 0.2) is 66.9 Å². The minimum absolute atomic E-state index is 0.0404. The van der Waals surface area contributed by atoms with E-state index < -0.39 is 0 Å². The molecule has 192 valence electrons. The molecule has 6 aromatic rings. The number of benzene rings is 3. The third-order valence-corrected chi connectivity index (χ3v) is 10.3. The molecular weight excluding hydrogens is 499 g/mol. The molecule has 0 atom stereocenters. The fraction of sp³-hybridized carbons (Fsp3) is 0.286. The monoisotopic (exact) mass is 533 g/mol. The van der Waals surface area contributed by atoms with Crippen molar-refractivity contribution in [3.8, 4) is 21.7 Å². The molecule has 0 fully saturated rings. The lowest BCUT2D eigenvalue weighted by Crippen LogP contribution is -2.12. The largest absolute Gasteiger partial charge is 0.256 e. The Balaban J connectivity index is 1.59. The summed E-state index contributed by atoms with van der Waals surface area (Å²) >= 11 is 3.90. The summed E-state index contributed by atoms with van der Waals surface area (Å²) in [5.74, 6) is 0.657. The molecule has 0 spiro atoms. The van der Waals surface area contributed by atoms with E-state index in [2.05, 4.69) is 109 Å². The van der Waals surface area contributed by atoms with Crippen molar-refractivity contribution in [2.24, 2.45) is 5.92 Å². The van der Waals surface area contributed by atoms with Crippen molar-refractivity contribution in [2.45, 2.75) is 60.3 Å². The summed E-state index contributed by atoms with van der Waals surface area (Å²) in [5, 5.41) is 5.30. The lowest BCUT2D eigenvalue weighted by molar-refractivity contribution is 0.596. The predicted octanol–water partition coefficient (Wildman–Crippen LogP) is 11.1. The van der Waals surface area contributed by atoms with Gasteiger partial charge >= 0.3 is 0 Å². The first-order valence-electron chi connectivity index (χ1n) is 13.6. The van der Waals surface area contributed by atoms with Crippen molar-refractivity contribution in [1.82, 2.24) is 4.98 Å². The maximum atomic E-state index is 5.00. The van der Waals surface area contributed by atoms with Crippen LogP contribution in [0.1, 0.15) is 56.2 Å². The molecule has 3 aromatic heterocycles. The lowest BCUT2D eigenvalue weighted by Gasteiger charge is -2.23. The molecule has 1 nitrogen and oxygen atoms in total. The van der Waals surface area contributed by atoms with Crippen LogP contribution in [0.2, 0.25) is 0 Å². The van der Waals surface area contributed by atoms with E-state index in [1.54, 1.807) is 0 Å². The minimum Gasteiger partial charge on any atom is -0.256 e. The van der Waals surface area contributed by atoms with Crippen molar-refractivity contribution in [3.05, 3.63) is 88.4 Å². The molecule has 0 bridgehead atoms. The molecule has 0 saturated heterocycles. The topological polar surface area (TPSA) is 12.9 Å². The molecule has 0 aliphatic heterocycles. The summed E-state index contributed by atoms with van der Waals surface area (Å²) in [6.07, 6.45) is 3.13. The Bertz CT molecular complexity index is 1820. The predicted molar refractivity (Wildman–Crippen MR) is 170 cm³/mol. The minimum atomic E-state index is 0.0404. The average Bonchev–Trinajstić information content (AvgIpc) is 3.38. The summed E-state index contributed by atoms with van der Waals surface area (Å²) < 4.78 is 2.73. The molecule has 3 aromatic carbocycles. The molecule has 0 aliphatic carbocycles. The molecular formula is C35H35NS2. The summed E-state index contributed by atoms with van der Waals surface area (Å²) in [6, 6.07) is 22.5. The van der Waals surface area contributed by atoms with E-state index in [1.165, 1.54) is 68.5 Å². The third kappa shape index (κ3) is 4.17. The van der Waals surface area contributed by atoms with Crippen LogP contribution in [-0.4, -0.2) is 4.98 Å². The van der Waals surface area contributed by atoms with Crippen LogP contribution in [0.4, 0.5) is 0 Å². The molecule has 0 radical (unpaired) electrons. The van der Waals surface area contributed by atoms with Gasteiger partial charge in [-0.05, 0) is 82.6 Å². The Hall–Kier alpha value is -3.01. The van der Waals surface area contributed by atoms with Crippen LogP contribution in [-0.2, 0) is 11.8 Å². The van der Waals surface area contributed by atoms with Gasteiger partial charge < -0.3 is 0 Å². The Kier molecular flexibility index (Phi) is 6.20. The van der Waals surface area contributed by atoms with Gasteiger partial charge in [0.05, 0.1) is 5.69 Å². The molecule has 0 saturated carbocycles. The van der Waals surface area contributed by atoms with Crippen molar-refractivity contribution in [3.63, 3.8) is 0 Å². The Morgan fingerprint density at radius 1 is 0.842 bits per heavy atom. The van der Waals surface area contributed by atoms with E-state index in [9.17, 15) is 0 Å². The number of fused-ring (bicyclic) bond motifs is 3. The zero-order valence-corrected chi connectivity index (χ0v) is 25.0. The van der Waals surface area contributed by atoms with Gasteiger partial charge in [-0.1, -0.05) is 77.1 Å². The highest BCUT2D eigenvalue weighted by Crippen LogP contribution is 2.47. The second kappa shape index (κ2) is 9.32. The number of nitrogens with zero attached hydrogens (tertiary/aromatic N) is 1. The van der Waals surface area contributed by atoms with Crippen molar-refractivity contribution < 1.29 is 0 Å². The van der Waals surface area contributed by atoms with Crippen LogP contribution in [0, 0.1) is 19.8 Å². The maximum Gasteiger partial charge on any atom is 0.0791 e. The summed E-state index contributed by atoms with van der Waals surface area (Å²) in [5.41, 5.74) is 7.86. The van der Waals surface area contributed by atoms with E-state index in [1.807, 2.05) is 28.9 Å². The number of aromatic nitrogens is 1. The van der Waals surface area contributed by atoms with Crippen LogP contribution >= 0.6 is 22.7 Å². The van der Waals surface area contributed by atoms with E-state index in [0.29, 0.717) is 5.92 Å². The smallest absolute Gasteiger partial charge is 0.0791 e. The van der Waals surface area contributed by atoms with E-state index in [4.69, 9.17) is 4.98 Å². The number of thiophene rings is 2. The fourth-order valence-electron chi connectivity index (χ4n) is 5.77. The highest BCUT2D eigenvalue weighted by atomic mass is 32.1. The first-order chi connectivity index (χ1) is 18.1. The SMILES string of the molecule is Cc1c(CC(C)C)sc2c(-c3sc4ccnc(-c5cc(C(C)(C)C)c6ccccc6c5)c4c3C)cccc12. The summed E-state index contributed by atoms with van der Waals surface area (Å²) in [7, 11) is 0. The highest BCUT2D eigenvalue weighted by Gasteiger charge is 2.22. The number of rotatable bonds is 4. The Morgan fingerprint density at radius 2 is 1.61 bits per heavy atom. The molecule has 3 heteroatoms. The highest BCUT2D eigenvalue weighted by molar-refractivity contribution is 7.24. The third-order valence-electron chi connectivity index (χ3n) is 7.68. The van der Waals surface area contributed by atoms with Gasteiger partial charge in [0.15, 0.2) is 0 Å². The van der Waals surface area contributed by atoms with Crippen LogP contribution in [0.3, 0.4) is 0 Å². The maximum absolute atomic E-state index is 5.00. The van der Waals surface area contributed by atoms with Crippen molar-refractivity contribution >= 4 is 53.6 Å². The number of aryl methyl sites for hydroxylation is 2. The van der Waals surface area contributed by atoms with Crippen molar-refractivity contribution in [1.29, 1.82) is 0 Å². The molecule has 0 amide bonds. The van der Waals surface area contributed by atoms with Crippen LogP contribution < -0.4 is 0 Å². The van der Waals surface area contributed by atoms with Gasteiger partial charge in [0, 0.05) is 41.9 Å². The summed E-state index contributed by atoms with van der Waals surface area (Å²) in [4.78, 5) is 7.89. The van der Waals surface area contributed by atoms with Gasteiger partial charge in [0.2, 0.25) is 0 Å². The van der Waals surface area contributed by atoms with Gasteiger partial charge in [-0.2, -0.15) is 0 Å². The van der Waals surface area contributed by atoms with Gasteiger partial charge in [0.25, 0.3) is 0 Å². The number of hydrogen-bond donors (Lipinski definition) is 0. The number of hydrogen-bond acceptors (Lipinski definition) is 3. The van der Waals surface area contributed by atoms with Crippen LogP contribution in [0.5, 0.6) is 0 Å². The molecule has 6 rings (SSSR count). The molecule has 38 heavy (non-hydrogen) atoms. The zero-order chi connectivity index (χ0) is 26.8. The standard InChI is InChI=1S/C35H35NS2/c1-20(2)17-30-21(3)25-13-10-14-27(34(25)38-30)33-22(4)31-29(37-33)15-16-36-32(31)24-18-23-11-8-9-12-26(23)28(19-24)35(5,6)7/h8-16,18-20H,17H2,1-7H3. The van der Waals surface area contributed by atoms with Gasteiger partial charge in [-0.3, -0.25) is 4.98 Å². The van der Waals surface area contributed by atoms with Crippen LogP contribution in [0.25, 0.3) is 52.6 Å². The second-order valence-corrected chi connectivity index (χ2v) is 14.2. The van der Waals surface area contributed by atoms with Gasteiger partial charge in [0.1, 0.15) is 0 Å². The fourth-order valence-corrected chi connectivity index (χ4v) is 8.61. The van der Waals surface area contributed by atoms with E-state index in [0.717, 1.165) is 12.1 Å². The lowest BCUT2D eigenvalue weighted by atomic mass is 9.82. The quantitative estimate of drug-likeness (QED) is 0.220. The first kappa shape index (κ1) is 25.3. The first-order valence-corrected chi connectivity index (χ1v) is 15.2. The van der Waals surface area contributed by atoms with Crippen molar-refractivity contribution in [2.75, 3.05) is 0 Å². The average molecular weight is 534 g/mol. The van der Waals surface area contributed by atoms with Gasteiger partial charge in [-0.25, -0.2) is 0 Å². The molecule has 0 unspecified atom stereocenters. The van der Waals surface area contributed by atoms with E-state index in [-0.39, 0.29) is 5.41 Å². The molecule has 3 heterocycles. The Morgan fingerprint density at radius 3 is 2.37 bits per heavy atom.